The Balaban J connectivity index is 2.82. The molecule has 0 spiro atoms. The molecule has 3 heteroatoms. The Morgan fingerprint density at radius 1 is 1.56 bits per heavy atom. The van der Waals surface area contributed by atoms with Crippen molar-refractivity contribution in [3.63, 3.8) is 0 Å². The maximum atomic E-state index is 4.41. The Kier molecular flexibility index (Phi) is 8.29. The monoisotopic (exact) mass is 163 g/mol. The van der Waals surface area contributed by atoms with Crippen LogP contribution in [0.1, 0.15) is 12.8 Å². The average molecular weight is 163 g/mol. The summed E-state index contributed by atoms with van der Waals surface area (Å²) in [5.41, 5.74) is 0. The van der Waals surface area contributed by atoms with Gasteiger partial charge in [0, 0.05) is 6.54 Å². The molecule has 0 aliphatic carbocycles. The number of aliphatic imine (C=N–C) groups is 1. The summed E-state index contributed by atoms with van der Waals surface area (Å²) < 4.78 is 0. The Hall–Kier alpha value is 0.150. The second-order valence-electron chi connectivity index (χ2n) is 1.67. The minimum Gasteiger partial charge on any atom is -0.233 e. The van der Waals surface area contributed by atoms with Gasteiger partial charge in [-0.15, -0.1) is 0 Å². The van der Waals surface area contributed by atoms with Crippen molar-refractivity contribution in [1.29, 1.82) is 0 Å². The molecule has 0 heterocycles. The molecule has 0 saturated heterocycles. The van der Waals surface area contributed by atoms with E-state index in [2.05, 4.69) is 28.6 Å². The summed E-state index contributed by atoms with van der Waals surface area (Å²) in [6, 6.07) is 0. The number of hydrogen-bond acceptors (Lipinski definition) is 3. The highest BCUT2D eigenvalue weighted by Crippen LogP contribution is 1.98. The van der Waals surface area contributed by atoms with Crippen molar-refractivity contribution in [1.82, 2.24) is 0 Å². The topological polar surface area (TPSA) is 12.4 Å². The maximum Gasteiger partial charge on any atom is 0.0584 e. The molecule has 0 radical (unpaired) electrons. The molecule has 0 aliphatic heterocycles. The lowest BCUT2D eigenvalue weighted by Gasteiger charge is -1.91. The maximum absolute atomic E-state index is 4.41. The van der Waals surface area contributed by atoms with Crippen LogP contribution in [0.25, 0.3) is 0 Å². The first-order valence-electron chi connectivity index (χ1n) is 2.94. The Bertz CT molecular complexity index is 97.2. The minimum absolute atomic E-state index is 0.851. The molecule has 0 aromatic carbocycles. The van der Waals surface area contributed by atoms with E-state index >= 15 is 0 Å². The fraction of sp³-hybridized carbons (Fsp3) is 0.833. The fourth-order valence-electron chi connectivity index (χ4n) is 0.483. The van der Waals surface area contributed by atoms with Crippen molar-refractivity contribution in [2.24, 2.45) is 4.99 Å². The van der Waals surface area contributed by atoms with E-state index < -0.39 is 0 Å². The number of isothiocyanates is 1. The quantitative estimate of drug-likeness (QED) is 0.350. The zero-order valence-electron chi connectivity index (χ0n) is 5.59. The van der Waals surface area contributed by atoms with Gasteiger partial charge in [-0.2, -0.15) is 11.8 Å². The van der Waals surface area contributed by atoms with E-state index in [1.807, 2.05) is 11.8 Å². The van der Waals surface area contributed by atoms with Gasteiger partial charge < -0.3 is 0 Å². The largest absolute Gasteiger partial charge is 0.233 e. The molecule has 0 fully saturated rings. The van der Waals surface area contributed by atoms with Gasteiger partial charge in [-0.05, 0) is 37.1 Å². The van der Waals surface area contributed by atoms with Gasteiger partial charge in [0.1, 0.15) is 0 Å². The zero-order chi connectivity index (χ0) is 6.95. The van der Waals surface area contributed by atoms with Crippen molar-refractivity contribution in [3.05, 3.63) is 0 Å². The van der Waals surface area contributed by atoms with Crippen molar-refractivity contribution >= 4 is 29.1 Å². The fourth-order valence-corrected chi connectivity index (χ4v) is 1.07. The van der Waals surface area contributed by atoms with Crippen molar-refractivity contribution in [2.45, 2.75) is 12.8 Å². The molecule has 9 heavy (non-hydrogen) atoms. The lowest BCUT2D eigenvalue weighted by Crippen LogP contribution is -1.82. The van der Waals surface area contributed by atoms with Gasteiger partial charge in [-0.1, -0.05) is 0 Å². The number of rotatable bonds is 5. The zero-order valence-corrected chi connectivity index (χ0v) is 7.23. The van der Waals surface area contributed by atoms with E-state index in [0.717, 1.165) is 13.0 Å². The predicted molar refractivity (Wildman–Crippen MR) is 47.5 cm³/mol. The summed E-state index contributed by atoms with van der Waals surface area (Å²) in [6.07, 6.45) is 4.49. The highest BCUT2D eigenvalue weighted by molar-refractivity contribution is 7.98. The van der Waals surface area contributed by atoms with Crippen LogP contribution in [0.15, 0.2) is 4.99 Å². The second-order valence-corrected chi connectivity index (χ2v) is 2.84. The second kappa shape index (κ2) is 8.15. The van der Waals surface area contributed by atoms with Gasteiger partial charge >= 0.3 is 0 Å². The van der Waals surface area contributed by atoms with Crippen LogP contribution in [0.3, 0.4) is 0 Å². The average Bonchev–Trinajstić information content (AvgIpc) is 1.89. The molecule has 0 saturated carbocycles. The van der Waals surface area contributed by atoms with Crippen LogP contribution in [0, 0.1) is 0 Å². The third kappa shape index (κ3) is 8.15. The number of hydrogen-bond donors (Lipinski definition) is 0. The molecule has 1 nitrogen and oxygen atoms in total. The minimum atomic E-state index is 0.851. The lowest BCUT2D eigenvalue weighted by molar-refractivity contribution is 0.819. The molecule has 0 rings (SSSR count). The van der Waals surface area contributed by atoms with E-state index in [0.29, 0.717) is 0 Å². The third-order valence-corrected chi connectivity index (χ3v) is 1.76. The molecule has 0 amide bonds. The molecule has 0 bridgehead atoms. The van der Waals surface area contributed by atoms with E-state index in [9.17, 15) is 0 Å². The van der Waals surface area contributed by atoms with Gasteiger partial charge in [0.15, 0.2) is 0 Å². The molecule has 52 valence electrons. The lowest BCUT2D eigenvalue weighted by atomic mass is 10.3. The van der Waals surface area contributed by atoms with Crippen molar-refractivity contribution in [3.8, 4) is 0 Å². The van der Waals surface area contributed by atoms with Crippen molar-refractivity contribution in [2.75, 3.05) is 18.6 Å². The summed E-state index contributed by atoms with van der Waals surface area (Å²) in [4.78, 5) is 3.80. The predicted octanol–water partition coefficient (Wildman–Crippen LogP) is 2.23. The Morgan fingerprint density at radius 2 is 2.33 bits per heavy atom. The smallest absolute Gasteiger partial charge is 0.0584 e. The first-order valence-corrected chi connectivity index (χ1v) is 4.74. The highest BCUT2D eigenvalue weighted by atomic mass is 32.2. The number of unbranched alkanes of at least 4 members (excludes halogenated alkanes) is 1. The molecule has 0 unspecified atom stereocenters. The molecule has 0 atom stereocenters. The van der Waals surface area contributed by atoms with Gasteiger partial charge in [0.05, 0.1) is 5.16 Å². The van der Waals surface area contributed by atoms with Crippen molar-refractivity contribution < 1.29 is 0 Å². The number of thiocarbonyl (C=S) groups is 1. The van der Waals surface area contributed by atoms with E-state index in [1.165, 1.54) is 12.2 Å². The summed E-state index contributed by atoms with van der Waals surface area (Å²) in [6.45, 7) is 0.851. The third-order valence-electron chi connectivity index (χ3n) is 0.933. The van der Waals surface area contributed by atoms with Crippen LogP contribution < -0.4 is 0 Å². The summed E-state index contributed by atoms with van der Waals surface area (Å²) in [5, 5.41) is 2.35. The molecule has 0 aromatic rings. The van der Waals surface area contributed by atoms with Gasteiger partial charge in [-0.25, -0.2) is 4.99 Å². The molecule has 0 aliphatic rings. The van der Waals surface area contributed by atoms with Crippen LogP contribution in [-0.2, 0) is 0 Å². The SMILES string of the molecule is [14CH3]SCCCCN=C=S. The number of thioether (sulfide) groups is 1. The first-order chi connectivity index (χ1) is 4.41. The summed E-state index contributed by atoms with van der Waals surface area (Å²) in [5.74, 6) is 1.23. The summed E-state index contributed by atoms with van der Waals surface area (Å²) >= 11 is 6.28. The summed E-state index contributed by atoms with van der Waals surface area (Å²) in [7, 11) is 0. The van der Waals surface area contributed by atoms with Crippen LogP contribution >= 0.6 is 24.0 Å². The van der Waals surface area contributed by atoms with E-state index in [-0.39, 0.29) is 0 Å². The van der Waals surface area contributed by atoms with Crippen LogP contribution in [0.2, 0.25) is 0 Å². The van der Waals surface area contributed by atoms with Gasteiger partial charge in [-0.3, -0.25) is 0 Å². The van der Waals surface area contributed by atoms with Crippen LogP contribution in [-0.4, -0.2) is 23.7 Å². The van der Waals surface area contributed by atoms with Gasteiger partial charge in [0.2, 0.25) is 0 Å². The van der Waals surface area contributed by atoms with E-state index in [1.54, 1.807) is 0 Å². The Morgan fingerprint density at radius 3 is 2.89 bits per heavy atom. The molecule has 0 aromatic heterocycles. The van der Waals surface area contributed by atoms with Gasteiger partial charge in [0.25, 0.3) is 0 Å². The molecular formula is C6H11NS2. The molecule has 0 N–H and O–H groups in total. The molecular weight excluding hydrogens is 152 g/mol. The number of nitrogens with zero attached hydrogens (tertiary/aromatic N) is 1. The Labute approximate surface area is 65.9 Å². The standard InChI is InChI=1S/C6H11NS2/c1-9-5-3-2-4-7-6-8/h2-5H2,1H3/i1+2. The normalized spacial score (nSPS) is 8.56. The van der Waals surface area contributed by atoms with Crippen LogP contribution in [0.4, 0.5) is 0 Å². The first kappa shape index (κ1) is 9.15. The highest BCUT2D eigenvalue weighted by Gasteiger charge is 1.83. The van der Waals surface area contributed by atoms with E-state index in [4.69, 9.17) is 0 Å². The van der Waals surface area contributed by atoms with Crippen LogP contribution in [0.5, 0.6) is 0 Å².